The number of hydrogen-bond donors (Lipinski definition) is 1. The minimum atomic E-state index is 0.550. The van der Waals surface area contributed by atoms with Crippen LogP contribution in [-0.4, -0.2) is 25.3 Å². The topological polar surface area (TPSA) is 21.3 Å². The van der Waals surface area contributed by atoms with Crippen molar-refractivity contribution in [3.05, 3.63) is 22.4 Å². The summed E-state index contributed by atoms with van der Waals surface area (Å²) in [5, 5.41) is 5.84. The van der Waals surface area contributed by atoms with E-state index in [2.05, 4.69) is 36.7 Å². The first-order chi connectivity index (χ1) is 7.75. The summed E-state index contributed by atoms with van der Waals surface area (Å²) >= 11 is 1.85. The number of hydrogen-bond acceptors (Lipinski definition) is 3. The summed E-state index contributed by atoms with van der Waals surface area (Å²) in [5.74, 6) is 0.700. The van der Waals surface area contributed by atoms with Crippen LogP contribution in [-0.2, 0) is 11.2 Å². The summed E-state index contributed by atoms with van der Waals surface area (Å²) in [5.41, 5.74) is 0. The number of rotatable bonds is 5. The van der Waals surface area contributed by atoms with Gasteiger partial charge < -0.3 is 10.1 Å². The molecule has 2 rings (SSSR count). The van der Waals surface area contributed by atoms with Crippen molar-refractivity contribution in [3.63, 3.8) is 0 Å². The van der Waals surface area contributed by atoms with Gasteiger partial charge in [0.2, 0.25) is 0 Å². The van der Waals surface area contributed by atoms with E-state index < -0.39 is 0 Å². The molecule has 0 saturated carbocycles. The molecule has 1 aliphatic rings. The van der Waals surface area contributed by atoms with E-state index in [1.165, 1.54) is 11.3 Å². The first-order valence-corrected chi connectivity index (χ1v) is 7.00. The lowest BCUT2D eigenvalue weighted by Crippen LogP contribution is -2.40. The second kappa shape index (κ2) is 5.80. The van der Waals surface area contributed by atoms with Gasteiger partial charge in [-0.05, 0) is 44.1 Å². The van der Waals surface area contributed by atoms with Crippen molar-refractivity contribution < 1.29 is 4.74 Å². The Hall–Kier alpha value is -0.380. The van der Waals surface area contributed by atoms with Crippen LogP contribution in [0.15, 0.2) is 17.5 Å². The van der Waals surface area contributed by atoms with Crippen LogP contribution in [0, 0.1) is 5.92 Å². The van der Waals surface area contributed by atoms with Gasteiger partial charge in [-0.25, -0.2) is 0 Å². The Balaban J connectivity index is 1.75. The summed E-state index contributed by atoms with van der Waals surface area (Å²) in [6.45, 7) is 6.42. The summed E-state index contributed by atoms with van der Waals surface area (Å²) in [6, 6.07) is 5.46. The quantitative estimate of drug-likeness (QED) is 0.853. The van der Waals surface area contributed by atoms with E-state index in [9.17, 15) is 0 Å². The van der Waals surface area contributed by atoms with E-state index in [-0.39, 0.29) is 0 Å². The number of nitrogens with one attached hydrogen (secondary N) is 1. The van der Waals surface area contributed by atoms with Crippen LogP contribution >= 0.6 is 11.3 Å². The number of ether oxygens (including phenoxy) is 1. The molecular formula is C13H21NOS. The summed E-state index contributed by atoms with van der Waals surface area (Å²) < 4.78 is 5.43. The Kier molecular flexibility index (Phi) is 4.38. The minimum absolute atomic E-state index is 0.550. The Morgan fingerprint density at radius 3 is 3.06 bits per heavy atom. The third-order valence-corrected chi connectivity index (χ3v) is 4.21. The molecule has 1 aromatic rings. The molecule has 0 aromatic carbocycles. The van der Waals surface area contributed by atoms with Gasteiger partial charge in [0.25, 0.3) is 0 Å². The Labute approximate surface area is 102 Å². The lowest BCUT2D eigenvalue weighted by atomic mass is 9.99. The molecule has 0 bridgehead atoms. The van der Waals surface area contributed by atoms with Crippen LogP contribution in [0.2, 0.25) is 0 Å². The van der Waals surface area contributed by atoms with Crippen molar-refractivity contribution in [1.29, 1.82) is 0 Å². The van der Waals surface area contributed by atoms with Gasteiger partial charge in [0.15, 0.2) is 0 Å². The highest BCUT2D eigenvalue weighted by Crippen LogP contribution is 2.18. The van der Waals surface area contributed by atoms with Gasteiger partial charge in [0.05, 0.1) is 6.61 Å². The first kappa shape index (κ1) is 12.1. The Bertz CT molecular complexity index is 293. The van der Waals surface area contributed by atoms with Crippen LogP contribution in [0.4, 0.5) is 0 Å². The maximum absolute atomic E-state index is 5.43. The molecule has 0 aliphatic carbocycles. The van der Waals surface area contributed by atoms with Crippen molar-refractivity contribution in [3.8, 4) is 0 Å². The molecule has 1 saturated heterocycles. The zero-order chi connectivity index (χ0) is 11.4. The van der Waals surface area contributed by atoms with Crippen molar-refractivity contribution in [2.24, 2.45) is 5.92 Å². The van der Waals surface area contributed by atoms with Crippen molar-refractivity contribution in [1.82, 2.24) is 5.32 Å². The zero-order valence-corrected chi connectivity index (χ0v) is 10.9. The molecule has 3 heteroatoms. The normalized spacial score (nSPS) is 24.5. The average molecular weight is 239 g/mol. The molecule has 16 heavy (non-hydrogen) atoms. The van der Waals surface area contributed by atoms with Crippen LogP contribution in [0.25, 0.3) is 0 Å². The van der Waals surface area contributed by atoms with Crippen LogP contribution < -0.4 is 5.32 Å². The summed E-state index contributed by atoms with van der Waals surface area (Å²) in [7, 11) is 0. The molecule has 0 radical (unpaired) electrons. The molecule has 2 nitrogen and oxygen atoms in total. The molecular weight excluding hydrogens is 218 g/mol. The maximum atomic E-state index is 5.43. The second-order valence-corrected chi connectivity index (χ2v) is 5.80. The highest BCUT2D eigenvalue weighted by molar-refractivity contribution is 7.09. The predicted octanol–water partition coefficient (Wildman–Crippen LogP) is 2.69. The van der Waals surface area contributed by atoms with E-state index in [1.54, 1.807) is 0 Å². The zero-order valence-electron chi connectivity index (χ0n) is 10.1. The van der Waals surface area contributed by atoms with Crippen molar-refractivity contribution >= 4 is 11.3 Å². The largest absolute Gasteiger partial charge is 0.381 e. The van der Waals surface area contributed by atoms with Gasteiger partial charge in [-0.2, -0.15) is 0 Å². The van der Waals surface area contributed by atoms with Gasteiger partial charge in [0, 0.05) is 23.6 Å². The molecule has 2 heterocycles. The van der Waals surface area contributed by atoms with E-state index in [0.29, 0.717) is 18.0 Å². The van der Waals surface area contributed by atoms with Crippen molar-refractivity contribution in [2.75, 3.05) is 13.2 Å². The molecule has 1 aromatic heterocycles. The highest BCUT2D eigenvalue weighted by atomic mass is 32.1. The van der Waals surface area contributed by atoms with Gasteiger partial charge in [0.1, 0.15) is 0 Å². The van der Waals surface area contributed by atoms with E-state index in [1.807, 2.05) is 11.3 Å². The monoisotopic (exact) mass is 239 g/mol. The van der Waals surface area contributed by atoms with Crippen LogP contribution in [0.5, 0.6) is 0 Å². The van der Waals surface area contributed by atoms with Crippen molar-refractivity contribution in [2.45, 2.75) is 38.8 Å². The van der Waals surface area contributed by atoms with E-state index in [4.69, 9.17) is 4.74 Å². The number of thiophene rings is 1. The van der Waals surface area contributed by atoms with Gasteiger partial charge in [-0.15, -0.1) is 11.3 Å². The second-order valence-electron chi connectivity index (χ2n) is 4.76. The third kappa shape index (κ3) is 3.30. The third-order valence-electron chi connectivity index (χ3n) is 3.31. The van der Waals surface area contributed by atoms with Crippen LogP contribution in [0.3, 0.4) is 0 Å². The van der Waals surface area contributed by atoms with Gasteiger partial charge in [-0.3, -0.25) is 0 Å². The summed E-state index contributed by atoms with van der Waals surface area (Å²) in [4.78, 5) is 1.47. The molecule has 1 N–H and O–H groups in total. The Morgan fingerprint density at radius 2 is 2.44 bits per heavy atom. The highest BCUT2D eigenvalue weighted by Gasteiger charge is 2.23. The van der Waals surface area contributed by atoms with Gasteiger partial charge >= 0.3 is 0 Å². The maximum Gasteiger partial charge on any atom is 0.0509 e. The lowest BCUT2D eigenvalue weighted by molar-refractivity contribution is 0.177. The average Bonchev–Trinajstić information content (AvgIpc) is 2.88. The van der Waals surface area contributed by atoms with Crippen LogP contribution in [0.1, 0.15) is 25.1 Å². The molecule has 3 unspecified atom stereocenters. The molecule has 3 atom stereocenters. The van der Waals surface area contributed by atoms with E-state index in [0.717, 1.165) is 19.6 Å². The minimum Gasteiger partial charge on any atom is -0.381 e. The fraction of sp³-hybridized carbons (Fsp3) is 0.692. The molecule has 90 valence electrons. The van der Waals surface area contributed by atoms with Gasteiger partial charge in [-0.1, -0.05) is 6.07 Å². The van der Waals surface area contributed by atoms with E-state index >= 15 is 0 Å². The predicted molar refractivity (Wildman–Crippen MR) is 69.0 cm³/mol. The smallest absolute Gasteiger partial charge is 0.0509 e. The summed E-state index contributed by atoms with van der Waals surface area (Å²) in [6.07, 6.45) is 2.34. The SMILES string of the molecule is CC(Cc1cccs1)NC(C)C1CCOC1. The lowest BCUT2D eigenvalue weighted by Gasteiger charge is -2.23. The molecule has 0 spiro atoms. The molecule has 1 fully saturated rings. The standard InChI is InChI=1S/C13H21NOS/c1-10(8-13-4-3-7-16-13)14-11(2)12-5-6-15-9-12/h3-4,7,10-12,14H,5-6,8-9H2,1-2H3. The molecule has 0 amide bonds. The fourth-order valence-corrected chi connectivity index (χ4v) is 3.16. The first-order valence-electron chi connectivity index (χ1n) is 6.12. The Morgan fingerprint density at radius 1 is 1.56 bits per heavy atom. The fourth-order valence-electron chi connectivity index (χ4n) is 2.32. The molecule has 1 aliphatic heterocycles.